The van der Waals surface area contributed by atoms with E-state index in [1.54, 1.807) is 12.1 Å². The first kappa shape index (κ1) is 19.4. The number of hydrogen-bond donors (Lipinski definition) is 1. The standard InChI is InChI=1S/C18H15N3O6/c1-11(17(22)20-15-6-4-3-5-12(15)10-19)27-18(23)14-9-13(21(24)25)7-8-16(14)26-2/h3-9,11H,1-2H3,(H,20,22)/t11-/m0/s1. The highest BCUT2D eigenvalue weighted by molar-refractivity contribution is 5.99. The number of nitrogens with one attached hydrogen (secondary N) is 1. The highest BCUT2D eigenvalue weighted by atomic mass is 16.6. The van der Waals surface area contributed by atoms with Gasteiger partial charge in [-0.3, -0.25) is 14.9 Å². The molecule has 0 bridgehead atoms. The first-order chi connectivity index (χ1) is 12.9. The molecular formula is C18H15N3O6. The summed E-state index contributed by atoms with van der Waals surface area (Å²) in [5.41, 5.74) is 0.0390. The number of carbonyl (C=O) groups is 2. The number of rotatable bonds is 6. The Morgan fingerprint density at radius 3 is 2.59 bits per heavy atom. The fraction of sp³-hybridized carbons (Fsp3) is 0.167. The Morgan fingerprint density at radius 2 is 1.96 bits per heavy atom. The smallest absolute Gasteiger partial charge is 0.342 e. The van der Waals surface area contributed by atoms with Crippen molar-refractivity contribution in [2.75, 3.05) is 12.4 Å². The van der Waals surface area contributed by atoms with Crippen molar-refractivity contribution in [3.05, 3.63) is 63.7 Å². The van der Waals surface area contributed by atoms with Crippen LogP contribution in [0.4, 0.5) is 11.4 Å². The van der Waals surface area contributed by atoms with Crippen LogP contribution in [0, 0.1) is 21.4 Å². The van der Waals surface area contributed by atoms with E-state index in [-0.39, 0.29) is 28.3 Å². The first-order valence-corrected chi connectivity index (χ1v) is 7.70. The average Bonchev–Trinajstić information content (AvgIpc) is 2.67. The van der Waals surface area contributed by atoms with Gasteiger partial charge >= 0.3 is 5.97 Å². The number of methoxy groups -OCH3 is 1. The summed E-state index contributed by atoms with van der Waals surface area (Å²) in [6.45, 7) is 1.34. The molecule has 2 rings (SSSR count). The molecule has 1 atom stereocenters. The van der Waals surface area contributed by atoms with Gasteiger partial charge < -0.3 is 14.8 Å². The quantitative estimate of drug-likeness (QED) is 0.470. The second-order valence-electron chi connectivity index (χ2n) is 5.34. The maximum atomic E-state index is 12.3. The number of anilines is 1. The SMILES string of the molecule is COc1ccc([N+](=O)[O-])cc1C(=O)O[C@@H](C)C(=O)Nc1ccccc1C#N. The molecule has 9 heteroatoms. The maximum Gasteiger partial charge on any atom is 0.342 e. The first-order valence-electron chi connectivity index (χ1n) is 7.70. The third-order valence-electron chi connectivity index (χ3n) is 3.57. The summed E-state index contributed by atoms with van der Waals surface area (Å²) in [5, 5.41) is 22.4. The van der Waals surface area contributed by atoms with Crippen molar-refractivity contribution in [3.8, 4) is 11.8 Å². The number of para-hydroxylation sites is 1. The van der Waals surface area contributed by atoms with Crippen LogP contribution >= 0.6 is 0 Å². The molecule has 0 aliphatic carbocycles. The third-order valence-corrected chi connectivity index (χ3v) is 3.57. The lowest BCUT2D eigenvalue weighted by Crippen LogP contribution is -2.30. The van der Waals surface area contributed by atoms with Gasteiger partial charge in [-0.05, 0) is 25.1 Å². The molecule has 0 saturated carbocycles. The molecule has 0 unspecified atom stereocenters. The molecule has 0 spiro atoms. The van der Waals surface area contributed by atoms with E-state index < -0.39 is 22.9 Å². The predicted molar refractivity (Wildman–Crippen MR) is 94.3 cm³/mol. The van der Waals surface area contributed by atoms with Crippen LogP contribution in [0.15, 0.2) is 42.5 Å². The highest BCUT2D eigenvalue weighted by Crippen LogP contribution is 2.25. The van der Waals surface area contributed by atoms with Gasteiger partial charge in [0.2, 0.25) is 0 Å². The van der Waals surface area contributed by atoms with E-state index in [2.05, 4.69) is 5.32 Å². The number of nitriles is 1. The molecule has 27 heavy (non-hydrogen) atoms. The van der Waals surface area contributed by atoms with E-state index in [0.29, 0.717) is 0 Å². The Balaban J connectivity index is 2.15. The van der Waals surface area contributed by atoms with Crippen LogP contribution in [0.25, 0.3) is 0 Å². The maximum absolute atomic E-state index is 12.3. The van der Waals surface area contributed by atoms with Crippen molar-refractivity contribution in [2.45, 2.75) is 13.0 Å². The van der Waals surface area contributed by atoms with Crippen LogP contribution in [0.1, 0.15) is 22.8 Å². The number of ether oxygens (including phenoxy) is 2. The Bertz CT molecular complexity index is 935. The van der Waals surface area contributed by atoms with Crippen molar-refractivity contribution >= 4 is 23.3 Å². The van der Waals surface area contributed by atoms with Crippen molar-refractivity contribution in [1.82, 2.24) is 0 Å². The molecule has 0 aliphatic rings. The van der Waals surface area contributed by atoms with Crippen LogP contribution in [-0.4, -0.2) is 30.0 Å². The van der Waals surface area contributed by atoms with Crippen molar-refractivity contribution in [3.63, 3.8) is 0 Å². The molecule has 0 radical (unpaired) electrons. The molecule has 0 aliphatic heterocycles. The van der Waals surface area contributed by atoms with E-state index in [0.717, 1.165) is 6.07 Å². The molecule has 0 aromatic heterocycles. The second-order valence-corrected chi connectivity index (χ2v) is 5.34. The summed E-state index contributed by atoms with van der Waals surface area (Å²) in [5.74, 6) is -1.53. The number of esters is 1. The van der Waals surface area contributed by atoms with E-state index in [1.807, 2.05) is 6.07 Å². The summed E-state index contributed by atoms with van der Waals surface area (Å²) in [4.78, 5) is 34.8. The second kappa shape index (κ2) is 8.44. The molecule has 138 valence electrons. The van der Waals surface area contributed by atoms with Crippen molar-refractivity contribution in [2.24, 2.45) is 0 Å². The molecule has 2 aromatic rings. The molecule has 0 heterocycles. The average molecular weight is 369 g/mol. The summed E-state index contributed by atoms with van der Waals surface area (Å²) in [7, 11) is 1.30. The van der Waals surface area contributed by atoms with Gasteiger partial charge in [0.15, 0.2) is 6.10 Å². The van der Waals surface area contributed by atoms with E-state index >= 15 is 0 Å². The van der Waals surface area contributed by atoms with Gasteiger partial charge in [0, 0.05) is 12.1 Å². The largest absolute Gasteiger partial charge is 0.496 e. The molecule has 1 N–H and O–H groups in total. The Labute approximate surface area is 154 Å². The Kier molecular flexibility index (Phi) is 6.06. The zero-order valence-electron chi connectivity index (χ0n) is 14.5. The zero-order valence-corrected chi connectivity index (χ0v) is 14.5. The van der Waals surface area contributed by atoms with Gasteiger partial charge in [0.25, 0.3) is 11.6 Å². The minimum atomic E-state index is -1.21. The molecule has 0 saturated heterocycles. The summed E-state index contributed by atoms with van der Waals surface area (Å²) < 4.78 is 10.1. The molecule has 2 aromatic carbocycles. The predicted octanol–water partition coefficient (Wildman–Crippen LogP) is 2.66. The van der Waals surface area contributed by atoms with Crippen LogP contribution in [0.2, 0.25) is 0 Å². The van der Waals surface area contributed by atoms with E-state index in [1.165, 1.54) is 38.3 Å². The molecule has 9 nitrogen and oxygen atoms in total. The zero-order chi connectivity index (χ0) is 20.0. The number of nitro groups is 1. The van der Waals surface area contributed by atoms with Gasteiger partial charge in [0.1, 0.15) is 17.4 Å². The minimum Gasteiger partial charge on any atom is -0.496 e. The van der Waals surface area contributed by atoms with Gasteiger partial charge in [-0.15, -0.1) is 0 Å². The number of amides is 1. The molecule has 0 fully saturated rings. The number of nitro benzene ring substituents is 1. The van der Waals surface area contributed by atoms with Crippen molar-refractivity contribution in [1.29, 1.82) is 5.26 Å². The number of nitrogens with zero attached hydrogens (tertiary/aromatic N) is 2. The fourth-order valence-electron chi connectivity index (χ4n) is 2.17. The minimum absolute atomic E-state index is 0.0769. The summed E-state index contributed by atoms with van der Waals surface area (Å²) >= 11 is 0. The lowest BCUT2D eigenvalue weighted by Gasteiger charge is -2.15. The number of benzene rings is 2. The molecular weight excluding hydrogens is 354 g/mol. The lowest BCUT2D eigenvalue weighted by molar-refractivity contribution is -0.384. The van der Waals surface area contributed by atoms with E-state index in [9.17, 15) is 19.7 Å². The van der Waals surface area contributed by atoms with Crippen LogP contribution in [0.5, 0.6) is 5.75 Å². The van der Waals surface area contributed by atoms with Crippen molar-refractivity contribution < 1.29 is 24.0 Å². The normalized spacial score (nSPS) is 11.0. The third kappa shape index (κ3) is 4.58. The van der Waals surface area contributed by atoms with Gasteiger partial charge in [0.05, 0.1) is 23.3 Å². The summed E-state index contributed by atoms with van der Waals surface area (Å²) in [6, 6.07) is 11.7. The number of hydrogen-bond acceptors (Lipinski definition) is 7. The molecule has 1 amide bonds. The topological polar surface area (TPSA) is 132 Å². The van der Waals surface area contributed by atoms with Gasteiger partial charge in [-0.25, -0.2) is 4.79 Å². The highest BCUT2D eigenvalue weighted by Gasteiger charge is 2.24. The van der Waals surface area contributed by atoms with Crippen LogP contribution in [-0.2, 0) is 9.53 Å². The number of carbonyl (C=O) groups excluding carboxylic acids is 2. The van der Waals surface area contributed by atoms with Crippen LogP contribution in [0.3, 0.4) is 0 Å². The van der Waals surface area contributed by atoms with Gasteiger partial charge in [-0.2, -0.15) is 5.26 Å². The lowest BCUT2D eigenvalue weighted by atomic mass is 10.1. The van der Waals surface area contributed by atoms with Gasteiger partial charge in [-0.1, -0.05) is 12.1 Å². The van der Waals surface area contributed by atoms with Crippen LogP contribution < -0.4 is 10.1 Å². The summed E-state index contributed by atoms with van der Waals surface area (Å²) in [6.07, 6.45) is -1.21. The Morgan fingerprint density at radius 1 is 1.26 bits per heavy atom. The number of non-ortho nitro benzene ring substituents is 1. The fourth-order valence-corrected chi connectivity index (χ4v) is 2.17. The monoisotopic (exact) mass is 369 g/mol. The Hall–Kier alpha value is -3.93. The van der Waals surface area contributed by atoms with E-state index in [4.69, 9.17) is 14.7 Å².